The van der Waals surface area contributed by atoms with Crippen LogP contribution < -0.4 is 9.80 Å². The Bertz CT molecular complexity index is 4340. The summed E-state index contributed by atoms with van der Waals surface area (Å²) < 4.78 is 14.9. The van der Waals surface area contributed by atoms with E-state index in [2.05, 4.69) is 306 Å². The third-order valence-corrected chi connectivity index (χ3v) is 17.3. The summed E-state index contributed by atoms with van der Waals surface area (Å²) >= 11 is 1.80. The predicted molar refractivity (Wildman–Crippen MR) is 336 cm³/mol. The first-order valence-corrected chi connectivity index (χ1v) is 28.5. The Hall–Kier alpha value is -9.03. The van der Waals surface area contributed by atoms with E-state index >= 15 is 0 Å². The van der Waals surface area contributed by atoms with Gasteiger partial charge in [0, 0.05) is 59.8 Å². The molecular formula is C75H60N2O2S. The van der Waals surface area contributed by atoms with Crippen LogP contribution in [0.5, 0.6) is 0 Å². The van der Waals surface area contributed by atoms with Crippen LogP contribution in [0.3, 0.4) is 0 Å². The van der Waals surface area contributed by atoms with Crippen LogP contribution in [0.15, 0.2) is 273 Å². The van der Waals surface area contributed by atoms with Gasteiger partial charge in [-0.05, 0) is 141 Å². The summed E-state index contributed by atoms with van der Waals surface area (Å²) in [7, 11) is 0. The molecule has 1 atom stereocenters. The molecule has 0 bridgehead atoms. The van der Waals surface area contributed by atoms with Gasteiger partial charge in [0.05, 0.1) is 22.2 Å². The van der Waals surface area contributed by atoms with Crippen LogP contribution in [-0.4, -0.2) is 0 Å². The fourth-order valence-corrected chi connectivity index (χ4v) is 13.3. The normalized spacial score (nSPS) is 14.2. The van der Waals surface area contributed by atoms with E-state index in [1.807, 2.05) is 0 Å². The van der Waals surface area contributed by atoms with Gasteiger partial charge in [-0.1, -0.05) is 211 Å². The molecule has 1 aliphatic rings. The van der Waals surface area contributed by atoms with Crippen LogP contribution in [0.2, 0.25) is 0 Å². The molecule has 1 aliphatic carbocycles. The Balaban J connectivity index is 1.17. The lowest BCUT2D eigenvalue weighted by Gasteiger charge is -2.36. The molecule has 0 N–H and O–H groups in total. The monoisotopic (exact) mass is 1050 g/mol. The van der Waals surface area contributed by atoms with Gasteiger partial charge >= 0.3 is 0 Å². The average Bonchev–Trinajstić information content (AvgIpc) is 2.26. The van der Waals surface area contributed by atoms with Gasteiger partial charge in [0.1, 0.15) is 16.7 Å². The summed E-state index contributed by atoms with van der Waals surface area (Å²) in [6, 6.07) is 93.1. The van der Waals surface area contributed by atoms with E-state index in [0.29, 0.717) is 0 Å². The Morgan fingerprint density at radius 3 is 1.19 bits per heavy atom. The first-order valence-electron chi connectivity index (χ1n) is 27.7. The lowest BCUT2D eigenvalue weighted by molar-refractivity contribution is 0.589. The molecule has 0 spiro atoms. The molecular weight excluding hydrogens is 993 g/mol. The van der Waals surface area contributed by atoms with Crippen molar-refractivity contribution in [2.45, 2.75) is 67.6 Å². The number of furan rings is 2. The van der Waals surface area contributed by atoms with Gasteiger partial charge in [-0.3, -0.25) is 0 Å². The summed E-state index contributed by atoms with van der Waals surface area (Å²) in [4.78, 5) is 7.17. The molecule has 0 saturated heterocycles. The number of hydrogen-bond donors (Lipinski definition) is 0. The number of benzene rings is 11. The van der Waals surface area contributed by atoms with E-state index in [1.165, 1.54) is 16.0 Å². The molecule has 5 heteroatoms. The van der Waals surface area contributed by atoms with Crippen molar-refractivity contribution in [3.63, 3.8) is 0 Å². The van der Waals surface area contributed by atoms with Gasteiger partial charge in [-0.25, -0.2) is 0 Å². The second kappa shape index (κ2) is 19.1. The second-order valence-corrected chi connectivity index (χ2v) is 24.4. The van der Waals surface area contributed by atoms with Gasteiger partial charge in [0.2, 0.25) is 0 Å². The molecule has 2 aromatic heterocycles. The molecule has 80 heavy (non-hydrogen) atoms. The van der Waals surface area contributed by atoms with E-state index in [-0.39, 0.29) is 10.8 Å². The van der Waals surface area contributed by atoms with Crippen LogP contribution >= 0.6 is 11.8 Å². The van der Waals surface area contributed by atoms with Crippen molar-refractivity contribution in [3.8, 4) is 11.1 Å². The zero-order chi connectivity index (χ0) is 54.3. The van der Waals surface area contributed by atoms with E-state index < -0.39 is 5.41 Å². The Labute approximate surface area is 472 Å². The molecule has 2 heterocycles. The minimum atomic E-state index is -0.931. The van der Waals surface area contributed by atoms with Gasteiger partial charge in [-0.15, -0.1) is 0 Å². The number of anilines is 6. The minimum absolute atomic E-state index is 0.0680. The topological polar surface area (TPSA) is 32.8 Å². The first kappa shape index (κ1) is 49.3. The quantitative estimate of drug-likeness (QED) is 0.136. The number of hydrogen-bond acceptors (Lipinski definition) is 5. The van der Waals surface area contributed by atoms with Gasteiger partial charge < -0.3 is 18.6 Å². The number of rotatable bonds is 10. The highest BCUT2D eigenvalue weighted by Gasteiger charge is 2.51. The Kier molecular flexibility index (Phi) is 11.8. The standard InChI is InChI=1S/C75H60N2O2S/c1-73(2,3)49-35-37-51(38-36-49)75(52-41-45-58(46-42-52)80-57-43-39-50(40-44-57)74(4,5)6)61-48-64(77(55-27-15-9-16-28-55)56-29-17-10-18-30-56)71-68(60-32-20-22-34-66(60)78-71)69(61)70-62(75)47-63(67-59-31-19-21-33-65(59)79-72(67)70)76(53-23-11-7-12-24-53)54-25-13-8-14-26-54/h7-48H,1-6H3. The maximum absolute atomic E-state index is 7.54. The van der Waals surface area contributed by atoms with Gasteiger partial charge in [-0.2, -0.15) is 0 Å². The Morgan fingerprint density at radius 1 is 0.350 bits per heavy atom. The van der Waals surface area contributed by atoms with Gasteiger partial charge in [0.25, 0.3) is 0 Å². The molecule has 388 valence electrons. The Morgan fingerprint density at radius 2 is 0.713 bits per heavy atom. The molecule has 11 aromatic carbocycles. The summed E-state index contributed by atoms with van der Waals surface area (Å²) in [5.41, 5.74) is 17.8. The summed E-state index contributed by atoms with van der Waals surface area (Å²) in [5.74, 6) is 0. The lowest BCUT2D eigenvalue weighted by Crippen LogP contribution is -2.29. The molecule has 4 nitrogen and oxygen atoms in total. The van der Waals surface area contributed by atoms with E-state index in [0.717, 1.165) is 116 Å². The van der Waals surface area contributed by atoms with Crippen molar-refractivity contribution >= 4 is 89.8 Å². The molecule has 0 fully saturated rings. The highest BCUT2D eigenvalue weighted by Crippen LogP contribution is 2.64. The van der Waals surface area contributed by atoms with Crippen LogP contribution in [0.25, 0.3) is 55.0 Å². The summed E-state index contributed by atoms with van der Waals surface area (Å²) in [6.45, 7) is 13.7. The van der Waals surface area contributed by atoms with Crippen molar-refractivity contribution in [2.24, 2.45) is 0 Å². The van der Waals surface area contributed by atoms with Crippen LogP contribution in [0.4, 0.5) is 34.1 Å². The molecule has 0 aliphatic heterocycles. The predicted octanol–water partition coefficient (Wildman–Crippen LogP) is 21.5. The minimum Gasteiger partial charge on any atom is -0.455 e. The fourth-order valence-electron chi connectivity index (χ4n) is 12.5. The molecule has 0 radical (unpaired) electrons. The first-order chi connectivity index (χ1) is 38.9. The zero-order valence-electron chi connectivity index (χ0n) is 45.9. The summed E-state index contributed by atoms with van der Waals surface area (Å²) in [5, 5.41) is 4.18. The lowest BCUT2D eigenvalue weighted by atomic mass is 9.67. The number of nitrogens with zero attached hydrogens (tertiary/aromatic N) is 2. The van der Waals surface area contributed by atoms with Crippen LogP contribution in [-0.2, 0) is 16.2 Å². The van der Waals surface area contributed by atoms with Crippen molar-refractivity contribution in [2.75, 3.05) is 9.80 Å². The third-order valence-electron chi connectivity index (χ3n) is 16.3. The fraction of sp³-hybridized carbons (Fsp3) is 0.120. The second-order valence-electron chi connectivity index (χ2n) is 23.2. The van der Waals surface area contributed by atoms with Crippen molar-refractivity contribution in [3.05, 3.63) is 288 Å². The molecule has 13 aromatic rings. The van der Waals surface area contributed by atoms with E-state index in [1.54, 1.807) is 11.8 Å². The van der Waals surface area contributed by atoms with E-state index in [9.17, 15) is 0 Å². The highest BCUT2D eigenvalue weighted by atomic mass is 32.2. The zero-order valence-corrected chi connectivity index (χ0v) is 46.7. The van der Waals surface area contributed by atoms with Crippen LogP contribution in [0, 0.1) is 0 Å². The smallest absolute Gasteiger partial charge is 0.160 e. The largest absolute Gasteiger partial charge is 0.455 e. The van der Waals surface area contributed by atoms with Crippen LogP contribution in [0.1, 0.15) is 74.9 Å². The van der Waals surface area contributed by atoms with Crippen molar-refractivity contribution < 1.29 is 8.83 Å². The van der Waals surface area contributed by atoms with E-state index in [4.69, 9.17) is 8.83 Å². The van der Waals surface area contributed by atoms with Crippen molar-refractivity contribution in [1.29, 1.82) is 0 Å². The maximum atomic E-state index is 7.54. The average molecular weight is 1050 g/mol. The number of fused-ring (bicyclic) bond motifs is 11. The molecule has 0 amide bonds. The van der Waals surface area contributed by atoms with Crippen molar-refractivity contribution in [1.82, 2.24) is 0 Å². The maximum Gasteiger partial charge on any atom is 0.160 e. The SMILES string of the molecule is CC(C)(C)c1ccc(Sc2ccc(C3(c4ccc(C(C)(C)C)cc4)c4cc(N(c5ccccc5)c5ccccc5)c5c(oc6ccccc65)c4-c4c3cc(N(c3ccccc3)c3ccccc3)c3oc5ccccc5c43)cc2)cc1. The third kappa shape index (κ3) is 8.05. The number of para-hydroxylation sites is 6. The molecule has 1 unspecified atom stereocenters. The highest BCUT2D eigenvalue weighted by molar-refractivity contribution is 7.99. The van der Waals surface area contributed by atoms with Gasteiger partial charge in [0.15, 0.2) is 5.58 Å². The summed E-state index contributed by atoms with van der Waals surface area (Å²) in [6.07, 6.45) is 0. The molecule has 14 rings (SSSR count). The molecule has 0 saturated carbocycles.